The van der Waals surface area contributed by atoms with E-state index in [9.17, 15) is 18.5 Å². The van der Waals surface area contributed by atoms with E-state index in [1.54, 1.807) is 12.1 Å². The fraction of sp³-hybridized carbons (Fsp3) is 0.727. The highest BCUT2D eigenvalue weighted by molar-refractivity contribution is 7.89. The van der Waals surface area contributed by atoms with E-state index >= 15 is 0 Å². The van der Waals surface area contributed by atoms with E-state index in [1.807, 2.05) is 0 Å². The number of rotatable bonds is 5. The van der Waals surface area contributed by atoms with Crippen LogP contribution in [0, 0.1) is 10.1 Å². The van der Waals surface area contributed by atoms with Gasteiger partial charge in [-0.3, -0.25) is 15.0 Å². The van der Waals surface area contributed by atoms with Crippen molar-refractivity contribution in [2.24, 2.45) is 0 Å². The summed E-state index contributed by atoms with van der Waals surface area (Å²) in [5.74, 6) is 0. The van der Waals surface area contributed by atoms with Gasteiger partial charge in [-0.25, -0.2) is 8.42 Å². The maximum atomic E-state index is 13.0. The quantitative estimate of drug-likeness (QED) is 0.503. The first-order valence-electron chi connectivity index (χ1n) is 11.6. The van der Waals surface area contributed by atoms with Gasteiger partial charge >= 0.3 is 0 Å². The Morgan fingerprint density at radius 2 is 1.65 bits per heavy atom. The second kappa shape index (κ2) is 9.03. The Morgan fingerprint density at radius 1 is 0.968 bits per heavy atom. The van der Waals surface area contributed by atoms with Crippen molar-refractivity contribution in [1.29, 1.82) is 0 Å². The number of hydrogen-bond donors (Lipinski definition) is 0. The molecule has 3 atom stereocenters. The Balaban J connectivity index is 1.60. The van der Waals surface area contributed by atoms with Gasteiger partial charge in [0.05, 0.1) is 9.82 Å². The van der Waals surface area contributed by atoms with Crippen LogP contribution in [0.25, 0.3) is 0 Å². The standard InChI is InChI=1S/C22H34N4O4S/c1-17-8-9-18(2)25(17)19-7-6-12-23(16-19)21-11-10-20(15-22(21)26(27)28)31(29,30)24-13-4-3-5-14-24/h10-11,15,17-19H,3-9,12-14,16H2,1-2H3. The lowest BCUT2D eigenvalue weighted by Crippen LogP contribution is -2.51. The molecule has 4 rings (SSSR count). The minimum atomic E-state index is -3.70. The van der Waals surface area contributed by atoms with Crippen molar-refractivity contribution < 1.29 is 13.3 Å². The molecular weight excluding hydrogens is 416 g/mol. The normalized spacial score (nSPS) is 28.7. The number of likely N-dealkylation sites (tertiary alicyclic amines) is 1. The Labute approximate surface area is 185 Å². The Morgan fingerprint density at radius 3 is 2.29 bits per heavy atom. The maximum absolute atomic E-state index is 13.0. The van der Waals surface area contributed by atoms with Crippen molar-refractivity contribution >= 4 is 21.4 Å². The molecular formula is C22H34N4O4S. The topological polar surface area (TPSA) is 87.0 Å². The van der Waals surface area contributed by atoms with Gasteiger partial charge in [0.2, 0.25) is 10.0 Å². The lowest BCUT2D eigenvalue weighted by molar-refractivity contribution is -0.384. The van der Waals surface area contributed by atoms with Crippen LogP contribution in [-0.2, 0) is 10.0 Å². The van der Waals surface area contributed by atoms with Gasteiger partial charge in [-0.15, -0.1) is 0 Å². The van der Waals surface area contributed by atoms with Crippen LogP contribution in [0.4, 0.5) is 11.4 Å². The summed E-state index contributed by atoms with van der Waals surface area (Å²) in [5, 5.41) is 11.9. The number of nitro benzene ring substituents is 1. The number of nitro groups is 1. The van der Waals surface area contributed by atoms with E-state index in [4.69, 9.17) is 0 Å². The molecule has 3 heterocycles. The molecule has 31 heavy (non-hydrogen) atoms. The van der Waals surface area contributed by atoms with Gasteiger partial charge in [0.25, 0.3) is 5.69 Å². The fourth-order valence-corrected chi connectivity index (χ4v) is 7.22. The number of anilines is 1. The zero-order valence-electron chi connectivity index (χ0n) is 18.6. The molecule has 1 aromatic carbocycles. The van der Waals surface area contributed by atoms with E-state index in [0.29, 0.717) is 36.9 Å². The SMILES string of the molecule is CC1CCC(C)N1C1CCCN(c2ccc(S(=O)(=O)N3CCCCC3)cc2[N+](=O)[O-])C1. The zero-order chi connectivity index (χ0) is 22.2. The first kappa shape index (κ1) is 22.5. The van der Waals surface area contributed by atoms with Crippen molar-refractivity contribution in [3.8, 4) is 0 Å². The average Bonchev–Trinajstić information content (AvgIpc) is 3.12. The van der Waals surface area contributed by atoms with Gasteiger partial charge < -0.3 is 4.90 Å². The Hall–Kier alpha value is -1.71. The monoisotopic (exact) mass is 450 g/mol. The van der Waals surface area contributed by atoms with Crippen LogP contribution in [-0.4, -0.2) is 66.9 Å². The van der Waals surface area contributed by atoms with Gasteiger partial charge in [-0.2, -0.15) is 4.31 Å². The third-order valence-electron chi connectivity index (χ3n) is 7.28. The van der Waals surface area contributed by atoms with Crippen LogP contribution < -0.4 is 4.90 Å². The highest BCUT2D eigenvalue weighted by atomic mass is 32.2. The summed E-state index contributed by atoms with van der Waals surface area (Å²) in [4.78, 5) is 16.2. The number of sulfonamides is 1. The van der Waals surface area contributed by atoms with Crippen LogP contribution in [0.15, 0.2) is 23.1 Å². The third kappa shape index (κ3) is 4.45. The summed E-state index contributed by atoms with van der Waals surface area (Å²) in [6.45, 7) is 7.01. The molecule has 8 nitrogen and oxygen atoms in total. The smallest absolute Gasteiger partial charge is 0.293 e. The molecule has 0 saturated carbocycles. The highest BCUT2D eigenvalue weighted by Crippen LogP contribution is 2.36. The minimum Gasteiger partial charge on any atom is -0.364 e. The highest BCUT2D eigenvalue weighted by Gasteiger charge is 2.37. The third-order valence-corrected chi connectivity index (χ3v) is 9.17. The van der Waals surface area contributed by atoms with E-state index < -0.39 is 14.9 Å². The fourth-order valence-electron chi connectivity index (χ4n) is 5.68. The van der Waals surface area contributed by atoms with Crippen LogP contribution >= 0.6 is 0 Å². The van der Waals surface area contributed by atoms with Crippen LogP contribution in [0.3, 0.4) is 0 Å². The van der Waals surface area contributed by atoms with Gasteiger partial charge in [0, 0.05) is 50.4 Å². The average molecular weight is 451 g/mol. The van der Waals surface area contributed by atoms with Crippen LogP contribution in [0.1, 0.15) is 58.8 Å². The molecule has 0 aliphatic carbocycles. The molecule has 172 valence electrons. The number of piperidine rings is 2. The lowest BCUT2D eigenvalue weighted by Gasteiger charge is -2.42. The van der Waals surface area contributed by atoms with Gasteiger partial charge in [0.1, 0.15) is 5.69 Å². The molecule has 9 heteroatoms. The molecule has 0 aromatic heterocycles. The van der Waals surface area contributed by atoms with Crippen molar-refractivity contribution in [2.45, 2.75) is 81.8 Å². The molecule has 0 N–H and O–H groups in total. The molecule has 3 aliphatic heterocycles. The van der Waals surface area contributed by atoms with E-state index in [1.165, 1.54) is 23.2 Å². The lowest BCUT2D eigenvalue weighted by atomic mass is 10.0. The van der Waals surface area contributed by atoms with Crippen molar-refractivity contribution in [1.82, 2.24) is 9.21 Å². The molecule has 3 aliphatic rings. The first-order valence-corrected chi connectivity index (χ1v) is 13.0. The van der Waals surface area contributed by atoms with E-state index in [-0.39, 0.29) is 10.6 Å². The molecule has 1 aromatic rings. The van der Waals surface area contributed by atoms with Gasteiger partial charge in [-0.1, -0.05) is 6.42 Å². The summed E-state index contributed by atoms with van der Waals surface area (Å²) in [6, 6.07) is 5.91. The summed E-state index contributed by atoms with van der Waals surface area (Å²) in [7, 11) is -3.70. The molecule has 3 fully saturated rings. The number of benzene rings is 1. The van der Waals surface area contributed by atoms with Crippen molar-refractivity contribution in [3.05, 3.63) is 28.3 Å². The summed E-state index contributed by atoms with van der Waals surface area (Å²) in [5.41, 5.74) is 0.424. The predicted molar refractivity (Wildman–Crippen MR) is 121 cm³/mol. The number of hydrogen-bond acceptors (Lipinski definition) is 6. The second-order valence-electron chi connectivity index (χ2n) is 9.34. The minimum absolute atomic E-state index is 0.0280. The largest absolute Gasteiger partial charge is 0.364 e. The van der Waals surface area contributed by atoms with Gasteiger partial charge in [0.15, 0.2) is 0 Å². The van der Waals surface area contributed by atoms with E-state index in [2.05, 4.69) is 23.6 Å². The molecule has 0 radical (unpaired) electrons. The molecule has 0 spiro atoms. The molecule has 3 saturated heterocycles. The summed E-state index contributed by atoms with van der Waals surface area (Å²) in [6.07, 6.45) is 7.16. The summed E-state index contributed by atoms with van der Waals surface area (Å²) < 4.78 is 27.5. The number of nitrogens with zero attached hydrogens (tertiary/aromatic N) is 4. The van der Waals surface area contributed by atoms with Crippen molar-refractivity contribution in [3.63, 3.8) is 0 Å². The predicted octanol–water partition coefficient (Wildman–Crippen LogP) is 3.61. The zero-order valence-corrected chi connectivity index (χ0v) is 19.4. The Bertz CT molecular complexity index is 906. The molecule has 3 unspecified atom stereocenters. The molecule has 0 amide bonds. The van der Waals surface area contributed by atoms with Crippen molar-refractivity contribution in [2.75, 3.05) is 31.1 Å². The molecule has 0 bridgehead atoms. The van der Waals surface area contributed by atoms with E-state index in [0.717, 1.165) is 45.2 Å². The van der Waals surface area contributed by atoms with Crippen LogP contribution in [0.2, 0.25) is 0 Å². The summed E-state index contributed by atoms with van der Waals surface area (Å²) >= 11 is 0. The Kier molecular flexibility index (Phi) is 6.55. The van der Waals surface area contributed by atoms with Gasteiger partial charge in [-0.05, 0) is 64.5 Å². The first-order chi connectivity index (χ1) is 14.8. The van der Waals surface area contributed by atoms with Crippen LogP contribution in [0.5, 0.6) is 0 Å². The maximum Gasteiger partial charge on any atom is 0.293 e. The second-order valence-corrected chi connectivity index (χ2v) is 11.3.